The lowest BCUT2D eigenvalue weighted by atomic mass is 9.88. The zero-order valence-electron chi connectivity index (χ0n) is 16.5. The highest BCUT2D eigenvalue weighted by Gasteiger charge is 2.53. The van der Waals surface area contributed by atoms with Gasteiger partial charge < -0.3 is 14.7 Å². The molecule has 0 spiro atoms. The van der Waals surface area contributed by atoms with E-state index in [1.54, 1.807) is 13.3 Å². The lowest BCUT2D eigenvalue weighted by Crippen LogP contribution is -2.43. The summed E-state index contributed by atoms with van der Waals surface area (Å²) in [5.74, 6) is 2.05. The van der Waals surface area contributed by atoms with Gasteiger partial charge in [-0.2, -0.15) is 0 Å². The van der Waals surface area contributed by atoms with E-state index < -0.39 is 0 Å². The van der Waals surface area contributed by atoms with E-state index in [9.17, 15) is 9.90 Å². The highest BCUT2D eigenvalue weighted by atomic mass is 16.5. The number of piperidine rings is 1. The summed E-state index contributed by atoms with van der Waals surface area (Å²) >= 11 is 0. The minimum absolute atomic E-state index is 0.0463. The van der Waals surface area contributed by atoms with E-state index in [0.29, 0.717) is 0 Å². The van der Waals surface area contributed by atoms with Crippen molar-refractivity contribution in [2.45, 2.75) is 50.5 Å². The molecule has 6 nitrogen and oxygen atoms in total. The second-order valence-corrected chi connectivity index (χ2v) is 7.86. The summed E-state index contributed by atoms with van der Waals surface area (Å²) in [5.41, 5.74) is 2.49. The smallest absolute Gasteiger partial charge is 0.233 e. The number of hydrogen-bond acceptors (Lipinski definition) is 5. The molecule has 2 aliphatic rings. The molecule has 1 saturated carbocycles. The Hall–Kier alpha value is -2.47. The molecule has 28 heavy (non-hydrogen) atoms. The van der Waals surface area contributed by atoms with E-state index in [0.717, 1.165) is 67.2 Å². The maximum Gasteiger partial charge on any atom is 0.233 e. The van der Waals surface area contributed by atoms with Gasteiger partial charge in [0.2, 0.25) is 5.91 Å². The number of nitrogens with zero attached hydrogens (tertiary/aromatic N) is 3. The van der Waals surface area contributed by atoms with Crippen LogP contribution in [0.1, 0.15) is 54.2 Å². The topological polar surface area (TPSA) is 75.5 Å². The van der Waals surface area contributed by atoms with Gasteiger partial charge in [-0.25, -0.2) is 9.97 Å². The molecule has 0 bridgehead atoms. The largest absolute Gasteiger partial charge is 0.497 e. The summed E-state index contributed by atoms with van der Waals surface area (Å²) in [5, 5.41) is 9.61. The Kier molecular flexibility index (Phi) is 5.06. The third kappa shape index (κ3) is 3.37. The van der Waals surface area contributed by atoms with E-state index in [2.05, 4.69) is 9.97 Å². The fourth-order valence-electron chi connectivity index (χ4n) is 4.31. The molecule has 1 saturated heterocycles. The van der Waals surface area contributed by atoms with Crippen LogP contribution < -0.4 is 4.74 Å². The summed E-state index contributed by atoms with van der Waals surface area (Å²) in [6.07, 6.45) is 5.29. The fourth-order valence-corrected chi connectivity index (χ4v) is 4.31. The van der Waals surface area contributed by atoms with Crippen molar-refractivity contribution in [2.75, 3.05) is 20.2 Å². The molecule has 0 atom stereocenters. The number of aliphatic hydroxyl groups is 1. The van der Waals surface area contributed by atoms with Crippen LogP contribution in [0, 0.1) is 6.92 Å². The molecule has 2 heterocycles. The Bertz CT molecular complexity index is 854. The van der Waals surface area contributed by atoms with Crippen LogP contribution in [0.4, 0.5) is 0 Å². The minimum atomic E-state index is -0.346. The van der Waals surface area contributed by atoms with Crippen LogP contribution in [0.3, 0.4) is 0 Å². The molecule has 2 aromatic rings. The number of likely N-dealkylation sites (tertiary alicyclic amines) is 1. The van der Waals surface area contributed by atoms with Crippen molar-refractivity contribution in [1.82, 2.24) is 14.9 Å². The lowest BCUT2D eigenvalue weighted by molar-refractivity contribution is -0.135. The van der Waals surface area contributed by atoms with Gasteiger partial charge in [0.15, 0.2) is 0 Å². The first-order chi connectivity index (χ1) is 13.6. The second-order valence-electron chi connectivity index (χ2n) is 7.86. The second kappa shape index (κ2) is 7.51. The Balaban J connectivity index is 1.45. The SMILES string of the molecule is COc1ccc(C2(C(=O)N3CCC(c4nc(C)ncc4CO)CC3)CC2)cc1. The van der Waals surface area contributed by atoms with Crippen molar-refractivity contribution in [2.24, 2.45) is 0 Å². The van der Waals surface area contributed by atoms with E-state index in [4.69, 9.17) is 4.74 Å². The van der Waals surface area contributed by atoms with Gasteiger partial charge >= 0.3 is 0 Å². The van der Waals surface area contributed by atoms with Gasteiger partial charge in [-0.1, -0.05) is 12.1 Å². The van der Waals surface area contributed by atoms with Crippen LogP contribution in [0.2, 0.25) is 0 Å². The number of amides is 1. The number of carbonyl (C=O) groups is 1. The number of ether oxygens (including phenoxy) is 1. The number of hydrogen-bond donors (Lipinski definition) is 1. The highest BCUT2D eigenvalue weighted by molar-refractivity contribution is 5.91. The average Bonchev–Trinajstić information content (AvgIpc) is 3.55. The number of carbonyl (C=O) groups excluding carboxylic acids is 1. The van der Waals surface area contributed by atoms with Gasteiger partial charge in [0.1, 0.15) is 11.6 Å². The van der Waals surface area contributed by atoms with E-state index >= 15 is 0 Å². The Morgan fingerprint density at radius 1 is 1.25 bits per heavy atom. The first kappa shape index (κ1) is 18.9. The number of aryl methyl sites for hydroxylation is 1. The molecule has 1 aliphatic heterocycles. The first-order valence-electron chi connectivity index (χ1n) is 9.94. The summed E-state index contributed by atoms with van der Waals surface area (Å²) in [6, 6.07) is 7.91. The van der Waals surface area contributed by atoms with Gasteiger partial charge in [0.25, 0.3) is 0 Å². The number of methoxy groups -OCH3 is 1. The average molecular weight is 381 g/mol. The molecular formula is C22H27N3O3. The summed E-state index contributed by atoms with van der Waals surface area (Å²) in [7, 11) is 1.65. The number of aliphatic hydroxyl groups excluding tert-OH is 1. The van der Waals surface area contributed by atoms with Crippen molar-refractivity contribution < 1.29 is 14.6 Å². The monoisotopic (exact) mass is 381 g/mol. The normalized spacial score (nSPS) is 18.8. The van der Waals surface area contributed by atoms with Crippen LogP contribution in [-0.4, -0.2) is 46.1 Å². The summed E-state index contributed by atoms with van der Waals surface area (Å²) in [4.78, 5) is 24.1. The van der Waals surface area contributed by atoms with Crippen molar-refractivity contribution in [1.29, 1.82) is 0 Å². The van der Waals surface area contributed by atoms with Gasteiger partial charge in [-0.05, 0) is 50.3 Å². The first-order valence-corrected chi connectivity index (χ1v) is 9.94. The van der Waals surface area contributed by atoms with Crippen LogP contribution in [0.15, 0.2) is 30.5 Å². The van der Waals surface area contributed by atoms with Crippen molar-refractivity contribution in [3.05, 3.63) is 53.1 Å². The molecule has 4 rings (SSSR count). The third-order valence-corrected chi connectivity index (χ3v) is 6.16. The maximum absolute atomic E-state index is 13.3. The van der Waals surface area contributed by atoms with E-state index in [-0.39, 0.29) is 23.8 Å². The van der Waals surface area contributed by atoms with Crippen LogP contribution in [0.25, 0.3) is 0 Å². The summed E-state index contributed by atoms with van der Waals surface area (Å²) < 4.78 is 5.24. The Morgan fingerprint density at radius 2 is 1.93 bits per heavy atom. The molecule has 1 aliphatic carbocycles. The van der Waals surface area contributed by atoms with Gasteiger partial charge in [-0.3, -0.25) is 4.79 Å². The fraction of sp³-hybridized carbons (Fsp3) is 0.500. The Labute approximate surface area is 165 Å². The third-order valence-electron chi connectivity index (χ3n) is 6.16. The maximum atomic E-state index is 13.3. The lowest BCUT2D eigenvalue weighted by Gasteiger charge is -2.35. The molecule has 148 valence electrons. The summed E-state index contributed by atoms with van der Waals surface area (Å²) in [6.45, 7) is 3.29. The standard InChI is InChI=1S/C22H27N3O3/c1-15-23-13-17(14-26)20(24-15)16-7-11-25(12-8-16)21(27)22(9-10-22)18-3-5-19(28-2)6-4-18/h3-6,13,16,26H,7-12,14H2,1-2H3. The molecular weight excluding hydrogens is 354 g/mol. The van der Waals surface area contributed by atoms with Crippen molar-refractivity contribution in [3.63, 3.8) is 0 Å². The quantitative estimate of drug-likeness (QED) is 0.862. The minimum Gasteiger partial charge on any atom is -0.497 e. The molecule has 2 fully saturated rings. The van der Waals surface area contributed by atoms with Crippen LogP contribution in [-0.2, 0) is 16.8 Å². The zero-order valence-corrected chi connectivity index (χ0v) is 16.5. The highest BCUT2D eigenvalue weighted by Crippen LogP contribution is 2.50. The zero-order chi connectivity index (χ0) is 19.7. The van der Waals surface area contributed by atoms with Crippen molar-refractivity contribution in [3.8, 4) is 5.75 Å². The number of aromatic nitrogens is 2. The van der Waals surface area contributed by atoms with Gasteiger partial charge in [-0.15, -0.1) is 0 Å². The predicted molar refractivity (Wildman–Crippen MR) is 105 cm³/mol. The number of rotatable bonds is 5. The molecule has 0 radical (unpaired) electrons. The molecule has 6 heteroatoms. The molecule has 1 N–H and O–H groups in total. The van der Waals surface area contributed by atoms with Crippen LogP contribution >= 0.6 is 0 Å². The predicted octanol–water partition coefficient (Wildman–Crippen LogP) is 2.72. The van der Waals surface area contributed by atoms with Crippen molar-refractivity contribution >= 4 is 5.91 Å². The molecule has 1 aromatic heterocycles. The van der Waals surface area contributed by atoms with E-state index in [1.807, 2.05) is 36.1 Å². The van der Waals surface area contributed by atoms with Crippen LogP contribution in [0.5, 0.6) is 5.75 Å². The van der Waals surface area contributed by atoms with Gasteiger partial charge in [0, 0.05) is 30.8 Å². The number of benzene rings is 1. The molecule has 1 aromatic carbocycles. The molecule has 1 amide bonds. The Morgan fingerprint density at radius 3 is 2.50 bits per heavy atom. The van der Waals surface area contributed by atoms with E-state index in [1.165, 1.54) is 0 Å². The molecule has 0 unspecified atom stereocenters. The van der Waals surface area contributed by atoms with Gasteiger partial charge in [0.05, 0.1) is 24.8 Å².